The molecule has 3 N–H and O–H groups in total. The van der Waals surface area contributed by atoms with Gasteiger partial charge in [0.2, 0.25) is 11.8 Å². The highest BCUT2D eigenvalue weighted by Crippen LogP contribution is 2.66. The number of methoxy groups -OCH3 is 1. The molecule has 4 amide bonds. The van der Waals surface area contributed by atoms with Crippen LogP contribution in [0.3, 0.4) is 0 Å². The van der Waals surface area contributed by atoms with Crippen LogP contribution < -0.4 is 25.2 Å². The third kappa shape index (κ3) is 10.6. The highest BCUT2D eigenvalue weighted by molar-refractivity contribution is 6.25. The highest BCUT2D eigenvalue weighted by Gasteiger charge is 2.76. The molecule has 3 fully saturated rings. The van der Waals surface area contributed by atoms with E-state index in [0.29, 0.717) is 67.3 Å². The molecule has 0 radical (unpaired) electrons. The minimum Gasteiger partial charge on any atom is -0.491 e. The largest absolute Gasteiger partial charge is 0.491 e. The van der Waals surface area contributed by atoms with Crippen molar-refractivity contribution in [2.45, 2.75) is 56.1 Å². The standard InChI is InChI=1S/C63H64N6O10/c1-41(2)53(59(72)76-4)65-62(75)68-50-31-26-42(19-16-32-66(3)40-43-17-8-5-9-18-43)39-49(50)63(61(68)74)52(58(71)64-46-27-29-47(30-28-46)67-33-36-77-37-34-67)55-60(73)79-56(45-22-12-7-13-23-45)54(44-20-10-6-11-21-44)69(55)57(63)48-24-14-15-25-51(48)78-38-35-70/h5-15,17-18,20-31,39,41,52-57,70H,32-38,40H2,1-4H3,(H,64,71)(H,65,75)/t52-,53+,54-,55-,56+,57+,63-/m1/s1. The molecular formula is C63H64N6O10. The second-order valence-corrected chi connectivity index (χ2v) is 20.5. The first-order valence-electron chi connectivity index (χ1n) is 26.7. The molecule has 7 atom stereocenters. The fraction of sp³-hybridized carbons (Fsp3) is 0.317. The van der Waals surface area contributed by atoms with Crippen LogP contribution in [-0.2, 0) is 45.3 Å². The van der Waals surface area contributed by atoms with Gasteiger partial charge in [-0.3, -0.25) is 24.2 Å². The van der Waals surface area contributed by atoms with Crippen molar-refractivity contribution in [3.8, 4) is 17.6 Å². The maximum Gasteiger partial charge on any atom is 0.329 e. The highest BCUT2D eigenvalue weighted by atomic mass is 16.6. The van der Waals surface area contributed by atoms with Crippen LogP contribution in [0.2, 0.25) is 0 Å². The van der Waals surface area contributed by atoms with Crippen molar-refractivity contribution in [3.63, 3.8) is 0 Å². The lowest BCUT2D eigenvalue weighted by Gasteiger charge is -2.46. The van der Waals surface area contributed by atoms with Gasteiger partial charge in [0, 0.05) is 42.1 Å². The number of carbonyl (C=O) groups excluding carboxylic acids is 5. The number of morpholine rings is 2. The predicted octanol–water partition coefficient (Wildman–Crippen LogP) is 7.59. The summed E-state index contributed by atoms with van der Waals surface area (Å²) in [6.45, 7) is 6.52. The van der Waals surface area contributed by atoms with Crippen LogP contribution >= 0.6 is 0 Å². The van der Waals surface area contributed by atoms with Crippen LogP contribution in [0, 0.1) is 23.7 Å². The average molecular weight is 1070 g/mol. The maximum atomic E-state index is 17.0. The number of para-hydroxylation sites is 1. The molecule has 6 aromatic carbocycles. The zero-order valence-corrected chi connectivity index (χ0v) is 44.6. The molecule has 0 saturated carbocycles. The molecule has 0 aliphatic carbocycles. The molecule has 79 heavy (non-hydrogen) atoms. The van der Waals surface area contributed by atoms with Crippen LogP contribution in [0.15, 0.2) is 158 Å². The lowest BCUT2D eigenvalue weighted by molar-refractivity contribution is -0.178. The van der Waals surface area contributed by atoms with E-state index in [1.54, 1.807) is 68.4 Å². The van der Waals surface area contributed by atoms with Gasteiger partial charge in [0.1, 0.15) is 36.0 Å². The van der Waals surface area contributed by atoms with Crippen molar-refractivity contribution in [1.82, 2.24) is 15.1 Å². The molecule has 3 saturated heterocycles. The summed E-state index contributed by atoms with van der Waals surface area (Å²) in [5.74, 6) is 1.70. The van der Waals surface area contributed by atoms with Gasteiger partial charge in [0.25, 0.3) is 0 Å². The number of hydrogen-bond donors (Lipinski definition) is 3. The number of esters is 2. The minimum atomic E-state index is -2.19. The number of nitrogens with zero attached hydrogens (tertiary/aromatic N) is 4. The number of aliphatic hydroxyl groups is 1. The fourth-order valence-corrected chi connectivity index (χ4v) is 11.8. The topological polar surface area (TPSA) is 180 Å². The Morgan fingerprint density at radius 1 is 0.823 bits per heavy atom. The zero-order valence-electron chi connectivity index (χ0n) is 44.6. The lowest BCUT2D eigenvalue weighted by atomic mass is 9.65. The maximum absolute atomic E-state index is 17.0. The van der Waals surface area contributed by atoms with Crippen molar-refractivity contribution in [2.24, 2.45) is 11.8 Å². The monoisotopic (exact) mass is 1060 g/mol. The number of cyclic esters (lactones) is 1. The van der Waals surface area contributed by atoms with Crippen LogP contribution in [0.25, 0.3) is 0 Å². The second-order valence-electron chi connectivity index (χ2n) is 20.5. The predicted molar refractivity (Wildman–Crippen MR) is 298 cm³/mol. The molecule has 10 rings (SSSR count). The third-order valence-electron chi connectivity index (χ3n) is 15.3. The average Bonchev–Trinajstić information content (AvgIpc) is 2.43. The van der Waals surface area contributed by atoms with E-state index in [1.807, 2.05) is 115 Å². The van der Waals surface area contributed by atoms with Gasteiger partial charge in [-0.15, -0.1) is 0 Å². The Balaban J connectivity index is 1.23. The van der Waals surface area contributed by atoms with Crippen LogP contribution in [0.4, 0.5) is 21.9 Å². The summed E-state index contributed by atoms with van der Waals surface area (Å²) in [6, 6.07) is 42.5. The molecule has 16 heteroatoms. The quantitative estimate of drug-likeness (QED) is 0.0678. The number of carbonyl (C=O) groups is 5. The normalized spacial score (nSPS) is 21.9. The molecule has 1 spiro atoms. The van der Waals surface area contributed by atoms with E-state index in [1.165, 1.54) is 7.11 Å². The number of aliphatic hydroxyl groups excluding tert-OH is 1. The number of benzene rings is 6. The molecule has 0 unspecified atom stereocenters. The molecule has 406 valence electrons. The van der Waals surface area contributed by atoms with E-state index in [4.69, 9.17) is 18.9 Å². The van der Waals surface area contributed by atoms with Gasteiger partial charge in [0.15, 0.2) is 0 Å². The van der Waals surface area contributed by atoms with E-state index in [0.717, 1.165) is 16.2 Å². The van der Waals surface area contributed by atoms with Crippen LogP contribution in [0.5, 0.6) is 5.75 Å². The Morgan fingerprint density at radius 2 is 1.48 bits per heavy atom. The van der Waals surface area contributed by atoms with Gasteiger partial charge in [-0.05, 0) is 83.8 Å². The van der Waals surface area contributed by atoms with Gasteiger partial charge >= 0.3 is 18.0 Å². The molecule has 0 aromatic heterocycles. The fourth-order valence-electron chi connectivity index (χ4n) is 11.8. The van der Waals surface area contributed by atoms with E-state index >= 15 is 19.2 Å². The van der Waals surface area contributed by atoms with Crippen molar-refractivity contribution in [2.75, 3.05) is 75.3 Å². The Hall–Kier alpha value is -8.33. The second kappa shape index (κ2) is 23.7. The van der Waals surface area contributed by atoms with Crippen molar-refractivity contribution >= 4 is 46.8 Å². The summed E-state index contributed by atoms with van der Waals surface area (Å²) in [5.41, 5.74) is 2.80. The zero-order chi connectivity index (χ0) is 55.2. The number of fused-ring (bicyclic) bond motifs is 3. The van der Waals surface area contributed by atoms with Gasteiger partial charge in [-0.25, -0.2) is 14.5 Å². The molecule has 4 aliphatic heterocycles. The number of ether oxygens (including phenoxy) is 4. The number of rotatable bonds is 15. The summed E-state index contributed by atoms with van der Waals surface area (Å²) in [4.78, 5) is 84.9. The summed E-state index contributed by atoms with van der Waals surface area (Å²) in [7, 11) is 3.18. The van der Waals surface area contributed by atoms with Crippen LogP contribution in [-0.4, -0.2) is 117 Å². The molecule has 6 aromatic rings. The summed E-state index contributed by atoms with van der Waals surface area (Å²) in [6.07, 6.45) is -0.987. The number of nitrogens with one attached hydrogen (secondary N) is 2. The summed E-state index contributed by atoms with van der Waals surface area (Å²) < 4.78 is 23.8. The van der Waals surface area contributed by atoms with Gasteiger partial charge < -0.3 is 39.6 Å². The Bertz CT molecular complexity index is 3240. The minimum absolute atomic E-state index is 0.108. The van der Waals surface area contributed by atoms with Crippen molar-refractivity contribution in [1.29, 1.82) is 0 Å². The first kappa shape index (κ1) is 54.0. The van der Waals surface area contributed by atoms with Crippen molar-refractivity contribution < 1.29 is 48.0 Å². The van der Waals surface area contributed by atoms with E-state index in [9.17, 15) is 9.90 Å². The number of urea groups is 1. The number of amides is 4. The Morgan fingerprint density at radius 3 is 2.15 bits per heavy atom. The van der Waals surface area contributed by atoms with Crippen LogP contribution in [0.1, 0.15) is 65.4 Å². The molecule has 4 aliphatic rings. The van der Waals surface area contributed by atoms with E-state index in [-0.39, 0.29) is 30.2 Å². The first-order valence-corrected chi connectivity index (χ1v) is 26.7. The molecule has 4 heterocycles. The van der Waals surface area contributed by atoms with Gasteiger partial charge in [-0.2, -0.15) is 0 Å². The first-order chi connectivity index (χ1) is 38.4. The van der Waals surface area contributed by atoms with Gasteiger partial charge in [0.05, 0.1) is 57.2 Å². The van der Waals surface area contributed by atoms with E-state index in [2.05, 4.69) is 32.3 Å². The number of anilines is 3. The van der Waals surface area contributed by atoms with Crippen molar-refractivity contribution in [3.05, 3.63) is 191 Å². The Kier molecular flexibility index (Phi) is 16.2. The lowest BCUT2D eigenvalue weighted by Crippen LogP contribution is -2.57. The molecular weight excluding hydrogens is 1000 g/mol. The summed E-state index contributed by atoms with van der Waals surface area (Å²) in [5, 5.41) is 16.2. The molecule has 16 nitrogen and oxygen atoms in total. The molecule has 0 bridgehead atoms. The van der Waals surface area contributed by atoms with Gasteiger partial charge in [-0.1, -0.05) is 135 Å². The third-order valence-corrected chi connectivity index (χ3v) is 15.3. The smallest absolute Gasteiger partial charge is 0.329 e. The Labute approximate surface area is 460 Å². The summed E-state index contributed by atoms with van der Waals surface area (Å²) >= 11 is 0. The van der Waals surface area contributed by atoms with E-state index < -0.39 is 77.3 Å². The number of hydrogen-bond acceptors (Lipinski definition) is 13. The number of imide groups is 1. The SMILES string of the molecule is COC(=O)[C@@H](NC(=O)N1C(=O)[C@@]2(c3cc(C#CCN(C)Cc4ccccc4)ccc31)[C@H](c1ccccc1OCCO)N1[C@H](c3ccccc3)[C@H](c3ccccc3)OC(=O)[C@H]1[C@@H]2C(=O)Nc1ccc(N2CCOCC2)cc1)C(C)C.